The second-order valence-corrected chi connectivity index (χ2v) is 11.8. The highest BCUT2D eigenvalue weighted by Crippen LogP contribution is 2.31. The molecule has 0 radical (unpaired) electrons. The lowest BCUT2D eigenvalue weighted by Gasteiger charge is -2.34. The average Bonchev–Trinajstić information content (AvgIpc) is 3.00. The number of carbonyl (C=O) groups excluding carboxylic acids is 2. The number of amides is 2. The molecule has 212 valence electrons. The van der Waals surface area contributed by atoms with E-state index in [2.05, 4.69) is 5.32 Å². The molecule has 0 saturated heterocycles. The van der Waals surface area contributed by atoms with Gasteiger partial charge in [0.15, 0.2) is 0 Å². The van der Waals surface area contributed by atoms with E-state index in [-0.39, 0.29) is 29.5 Å². The van der Waals surface area contributed by atoms with Crippen molar-refractivity contribution in [2.45, 2.75) is 30.8 Å². The lowest BCUT2D eigenvalue weighted by atomic mass is 10.0. The van der Waals surface area contributed by atoms with E-state index in [1.807, 2.05) is 60.7 Å². The van der Waals surface area contributed by atoms with Crippen LogP contribution in [0.1, 0.15) is 16.7 Å². The summed E-state index contributed by atoms with van der Waals surface area (Å²) in [5.41, 5.74) is 2.47. The number of nitrogens with zero attached hydrogens (tertiary/aromatic N) is 2. The molecule has 0 unspecified atom stereocenters. The number of anilines is 1. The molecule has 4 rings (SSSR count). The Morgan fingerprint density at radius 2 is 1.37 bits per heavy atom. The van der Waals surface area contributed by atoms with Gasteiger partial charge in [-0.3, -0.25) is 13.9 Å². The number of benzene rings is 4. The molecule has 0 bridgehead atoms. The van der Waals surface area contributed by atoms with Gasteiger partial charge in [0.25, 0.3) is 10.0 Å². The van der Waals surface area contributed by atoms with Gasteiger partial charge in [0.2, 0.25) is 11.8 Å². The van der Waals surface area contributed by atoms with Gasteiger partial charge in [-0.05, 0) is 47.9 Å². The summed E-state index contributed by atoms with van der Waals surface area (Å²) in [5.74, 6) is -0.883. The molecule has 0 spiro atoms. The third kappa shape index (κ3) is 7.14. The van der Waals surface area contributed by atoms with E-state index >= 15 is 0 Å². The average molecular weight is 590 g/mol. The SMILES string of the molecule is CNC(=O)[C@@H](Cc1ccccc1)N(Cc1ccccc1)C(=O)CN(c1cccc(Cl)c1C)S(=O)(=O)c1ccccc1. The number of rotatable bonds is 11. The highest BCUT2D eigenvalue weighted by molar-refractivity contribution is 7.92. The zero-order valence-corrected chi connectivity index (χ0v) is 24.5. The molecule has 9 heteroatoms. The van der Waals surface area contributed by atoms with Crippen LogP contribution in [0.2, 0.25) is 5.02 Å². The van der Waals surface area contributed by atoms with Crippen molar-refractivity contribution in [1.82, 2.24) is 10.2 Å². The number of nitrogens with one attached hydrogen (secondary N) is 1. The molecule has 41 heavy (non-hydrogen) atoms. The van der Waals surface area contributed by atoms with Gasteiger partial charge in [-0.2, -0.15) is 0 Å². The van der Waals surface area contributed by atoms with Crippen LogP contribution < -0.4 is 9.62 Å². The van der Waals surface area contributed by atoms with Gasteiger partial charge >= 0.3 is 0 Å². The molecular weight excluding hydrogens is 558 g/mol. The van der Waals surface area contributed by atoms with Crippen LogP contribution in [0.15, 0.2) is 114 Å². The predicted molar refractivity (Wildman–Crippen MR) is 162 cm³/mol. The standard InChI is InChI=1S/C32H32ClN3O4S/c1-24-28(33)19-12-20-29(24)36(41(39,40)27-17-10-5-11-18-27)23-31(37)35(22-26-15-8-4-9-16-26)30(32(38)34-2)21-25-13-6-3-7-14-25/h3-20,30H,21-23H2,1-2H3,(H,34,38)/t30-/m1/s1. The zero-order chi connectivity index (χ0) is 29.4. The first-order valence-electron chi connectivity index (χ1n) is 13.1. The van der Waals surface area contributed by atoms with Gasteiger partial charge in [0.05, 0.1) is 10.6 Å². The van der Waals surface area contributed by atoms with Crippen molar-refractivity contribution in [1.29, 1.82) is 0 Å². The van der Waals surface area contributed by atoms with E-state index in [0.29, 0.717) is 10.6 Å². The fraction of sp³-hybridized carbons (Fsp3) is 0.188. The third-order valence-corrected chi connectivity index (χ3v) is 9.01. The van der Waals surface area contributed by atoms with Crippen molar-refractivity contribution >= 4 is 39.1 Å². The summed E-state index contributed by atoms with van der Waals surface area (Å²) in [4.78, 5) is 29.0. The normalized spacial score (nSPS) is 11.9. The fourth-order valence-electron chi connectivity index (χ4n) is 4.60. The van der Waals surface area contributed by atoms with Gasteiger partial charge < -0.3 is 10.2 Å². The maximum atomic E-state index is 14.3. The smallest absolute Gasteiger partial charge is 0.264 e. The van der Waals surface area contributed by atoms with Crippen molar-refractivity contribution < 1.29 is 18.0 Å². The summed E-state index contributed by atoms with van der Waals surface area (Å²) in [6.07, 6.45) is 0.251. The van der Waals surface area contributed by atoms with Crippen LogP contribution in [0.25, 0.3) is 0 Å². The summed E-state index contributed by atoms with van der Waals surface area (Å²) in [5, 5.41) is 3.05. The van der Waals surface area contributed by atoms with Crippen molar-refractivity contribution in [2.75, 3.05) is 17.9 Å². The maximum absolute atomic E-state index is 14.3. The molecule has 0 aliphatic heterocycles. The molecule has 0 saturated carbocycles. The van der Waals surface area contributed by atoms with E-state index in [9.17, 15) is 18.0 Å². The highest BCUT2D eigenvalue weighted by atomic mass is 35.5. The second-order valence-electron chi connectivity index (χ2n) is 9.54. The Balaban J connectivity index is 1.80. The molecule has 0 fully saturated rings. The summed E-state index contributed by atoms with van der Waals surface area (Å²) in [6, 6.07) is 30.7. The minimum Gasteiger partial charge on any atom is -0.357 e. The van der Waals surface area contributed by atoms with Gasteiger partial charge in [-0.1, -0.05) is 96.5 Å². The summed E-state index contributed by atoms with van der Waals surface area (Å²) in [6.45, 7) is 1.28. The Hall–Kier alpha value is -4.14. The van der Waals surface area contributed by atoms with E-state index < -0.39 is 28.5 Å². The quantitative estimate of drug-likeness (QED) is 0.260. The number of sulfonamides is 1. The Labute approximate surface area is 246 Å². The molecule has 1 atom stereocenters. The molecule has 0 aliphatic carbocycles. The molecule has 0 heterocycles. The van der Waals surface area contributed by atoms with Crippen molar-refractivity contribution in [3.8, 4) is 0 Å². The molecular formula is C32H32ClN3O4S. The first-order chi connectivity index (χ1) is 19.7. The zero-order valence-electron chi connectivity index (χ0n) is 22.9. The number of hydrogen-bond donors (Lipinski definition) is 1. The highest BCUT2D eigenvalue weighted by Gasteiger charge is 2.34. The van der Waals surface area contributed by atoms with Gasteiger partial charge in [0.1, 0.15) is 12.6 Å². The summed E-state index contributed by atoms with van der Waals surface area (Å²) in [7, 11) is -2.66. The van der Waals surface area contributed by atoms with Crippen LogP contribution in [0, 0.1) is 6.92 Å². The fourth-order valence-corrected chi connectivity index (χ4v) is 6.26. The van der Waals surface area contributed by atoms with Gasteiger partial charge in [-0.25, -0.2) is 8.42 Å². The van der Waals surface area contributed by atoms with Crippen LogP contribution in [0.5, 0.6) is 0 Å². The van der Waals surface area contributed by atoms with E-state index in [4.69, 9.17) is 11.6 Å². The molecule has 7 nitrogen and oxygen atoms in total. The summed E-state index contributed by atoms with van der Waals surface area (Å²) < 4.78 is 29.1. The van der Waals surface area contributed by atoms with E-state index in [1.165, 1.54) is 24.1 Å². The number of halogens is 1. The van der Waals surface area contributed by atoms with Crippen LogP contribution in [-0.2, 0) is 32.6 Å². The van der Waals surface area contributed by atoms with Crippen molar-refractivity contribution in [3.05, 3.63) is 131 Å². The van der Waals surface area contributed by atoms with Crippen LogP contribution in [-0.4, -0.2) is 44.8 Å². The molecule has 4 aromatic rings. The van der Waals surface area contributed by atoms with Crippen LogP contribution in [0.4, 0.5) is 5.69 Å². The van der Waals surface area contributed by atoms with E-state index in [0.717, 1.165) is 15.4 Å². The monoisotopic (exact) mass is 589 g/mol. The first-order valence-corrected chi connectivity index (χ1v) is 15.0. The molecule has 0 aromatic heterocycles. The Bertz CT molecular complexity index is 1580. The Morgan fingerprint density at radius 3 is 1.95 bits per heavy atom. The summed E-state index contributed by atoms with van der Waals surface area (Å²) >= 11 is 6.39. The second kappa shape index (κ2) is 13.5. The molecule has 2 amide bonds. The molecule has 0 aliphatic rings. The molecule has 1 N–H and O–H groups in total. The minimum absolute atomic E-state index is 0.0360. The lowest BCUT2D eigenvalue weighted by molar-refractivity contribution is -0.139. The maximum Gasteiger partial charge on any atom is 0.264 e. The number of carbonyl (C=O) groups is 2. The first kappa shape index (κ1) is 29.8. The largest absolute Gasteiger partial charge is 0.357 e. The minimum atomic E-state index is -4.18. The number of likely N-dealkylation sites (N-methyl/N-ethyl adjacent to an activating group) is 1. The topological polar surface area (TPSA) is 86.8 Å². The number of hydrogen-bond acceptors (Lipinski definition) is 4. The van der Waals surface area contributed by atoms with Crippen LogP contribution in [0.3, 0.4) is 0 Å². The van der Waals surface area contributed by atoms with Crippen LogP contribution >= 0.6 is 11.6 Å². The van der Waals surface area contributed by atoms with Gasteiger partial charge in [0, 0.05) is 25.0 Å². The third-order valence-electron chi connectivity index (χ3n) is 6.83. The Kier molecular flexibility index (Phi) is 9.81. The predicted octanol–water partition coefficient (Wildman–Crippen LogP) is 5.23. The van der Waals surface area contributed by atoms with Gasteiger partial charge in [-0.15, -0.1) is 0 Å². The molecule has 4 aromatic carbocycles. The van der Waals surface area contributed by atoms with Crippen molar-refractivity contribution in [2.24, 2.45) is 0 Å². The Morgan fingerprint density at radius 1 is 0.805 bits per heavy atom. The van der Waals surface area contributed by atoms with Crippen molar-refractivity contribution in [3.63, 3.8) is 0 Å². The van der Waals surface area contributed by atoms with E-state index in [1.54, 1.807) is 43.3 Å². The lowest BCUT2D eigenvalue weighted by Crippen LogP contribution is -2.53.